The Morgan fingerprint density at radius 1 is 1.23 bits per heavy atom. The minimum Gasteiger partial charge on any atom is -0.400 e. The molecule has 0 atom stereocenters. The summed E-state index contributed by atoms with van der Waals surface area (Å²) >= 11 is 0. The first-order chi connectivity index (χ1) is 6.36. The Balaban J connectivity index is 2.09. The molecule has 1 heterocycles. The van der Waals surface area contributed by atoms with Crippen LogP contribution in [0.2, 0.25) is 6.04 Å². The molecule has 0 aromatic rings. The molecule has 0 aromatic carbocycles. The van der Waals surface area contributed by atoms with Gasteiger partial charge >= 0.3 is 9.28 Å². The van der Waals surface area contributed by atoms with E-state index in [1.165, 1.54) is 0 Å². The first kappa shape index (κ1) is 11.1. The van der Waals surface area contributed by atoms with Crippen LogP contribution in [0, 0.1) is 0 Å². The Morgan fingerprint density at radius 3 is 2.38 bits per heavy atom. The van der Waals surface area contributed by atoms with Crippen molar-refractivity contribution >= 4 is 9.28 Å². The molecule has 0 saturated carbocycles. The number of rotatable bonds is 5. The fourth-order valence-corrected chi connectivity index (χ4v) is 2.68. The van der Waals surface area contributed by atoms with Crippen molar-refractivity contribution < 1.29 is 13.6 Å². The molecule has 1 rings (SSSR count). The summed E-state index contributed by atoms with van der Waals surface area (Å²) in [6, 6.07) is 1.06. The second-order valence-corrected chi connectivity index (χ2v) is 5.52. The summed E-state index contributed by atoms with van der Waals surface area (Å²) in [7, 11) is 2.13. The van der Waals surface area contributed by atoms with Gasteiger partial charge in [-0.1, -0.05) is 0 Å². The van der Waals surface area contributed by atoms with Gasteiger partial charge in [-0.25, -0.2) is 0 Å². The van der Waals surface area contributed by atoms with Crippen molar-refractivity contribution in [3.63, 3.8) is 0 Å². The van der Waals surface area contributed by atoms with E-state index < -0.39 is 9.28 Å². The maximum absolute atomic E-state index is 5.27. The Hall–Kier alpha value is 0.0569. The summed E-state index contributed by atoms with van der Waals surface area (Å²) < 4.78 is 15.8. The zero-order chi connectivity index (χ0) is 9.52. The lowest BCUT2D eigenvalue weighted by Crippen LogP contribution is -2.38. The fraction of sp³-hybridized carbons (Fsp3) is 1.00. The zero-order valence-corrected chi connectivity index (χ0v) is 9.65. The van der Waals surface area contributed by atoms with Crippen LogP contribution in [0.4, 0.5) is 0 Å². The summed E-state index contributed by atoms with van der Waals surface area (Å²) in [5, 5.41) is 0. The number of nitrogens with zero attached hydrogens (tertiary/aromatic N) is 1. The van der Waals surface area contributed by atoms with Crippen LogP contribution in [0.1, 0.15) is 0 Å². The van der Waals surface area contributed by atoms with Crippen LogP contribution in [-0.4, -0.2) is 61.3 Å². The summed E-state index contributed by atoms with van der Waals surface area (Å²) in [4.78, 5) is 2.40. The van der Waals surface area contributed by atoms with E-state index in [0.717, 1.165) is 38.9 Å². The third-order valence-corrected chi connectivity index (χ3v) is 4.09. The first-order valence-electron chi connectivity index (χ1n) is 4.72. The summed E-state index contributed by atoms with van der Waals surface area (Å²) in [5.41, 5.74) is 0. The number of ether oxygens (including phenoxy) is 1. The van der Waals surface area contributed by atoms with Gasteiger partial charge in [0.15, 0.2) is 0 Å². The predicted molar refractivity (Wildman–Crippen MR) is 53.2 cm³/mol. The van der Waals surface area contributed by atoms with Gasteiger partial charge in [0, 0.05) is 39.9 Å². The third-order valence-electron chi connectivity index (χ3n) is 2.31. The topological polar surface area (TPSA) is 30.9 Å². The summed E-state index contributed by atoms with van der Waals surface area (Å²) in [6.45, 7) is 4.92. The molecule has 0 spiro atoms. The fourth-order valence-electron chi connectivity index (χ4n) is 1.44. The molecule has 13 heavy (non-hydrogen) atoms. The number of hydrogen-bond acceptors (Lipinski definition) is 4. The highest BCUT2D eigenvalue weighted by Crippen LogP contribution is 2.01. The number of morpholine rings is 1. The van der Waals surface area contributed by atoms with Gasteiger partial charge < -0.3 is 13.6 Å². The van der Waals surface area contributed by atoms with Crippen LogP contribution >= 0.6 is 0 Å². The van der Waals surface area contributed by atoms with Gasteiger partial charge in [0.05, 0.1) is 13.2 Å². The van der Waals surface area contributed by atoms with Gasteiger partial charge in [0.25, 0.3) is 0 Å². The molecule has 1 fully saturated rings. The van der Waals surface area contributed by atoms with Crippen LogP contribution in [0.15, 0.2) is 0 Å². The smallest absolute Gasteiger partial charge is 0.322 e. The van der Waals surface area contributed by atoms with E-state index in [2.05, 4.69) is 4.90 Å². The predicted octanol–water partition coefficient (Wildman–Crippen LogP) is -0.168. The van der Waals surface area contributed by atoms with E-state index in [1.807, 2.05) is 0 Å². The lowest BCUT2D eigenvalue weighted by Gasteiger charge is -2.27. The van der Waals surface area contributed by atoms with Crippen molar-refractivity contribution in [3.8, 4) is 0 Å². The van der Waals surface area contributed by atoms with E-state index in [4.69, 9.17) is 13.6 Å². The largest absolute Gasteiger partial charge is 0.400 e. The number of hydrogen-bond donors (Lipinski definition) is 0. The molecule has 0 aliphatic carbocycles. The highest BCUT2D eigenvalue weighted by Gasteiger charge is 2.14. The van der Waals surface area contributed by atoms with Gasteiger partial charge in [-0.2, -0.15) is 0 Å². The highest BCUT2D eigenvalue weighted by molar-refractivity contribution is 6.44. The van der Waals surface area contributed by atoms with Gasteiger partial charge in [0.2, 0.25) is 0 Å². The van der Waals surface area contributed by atoms with E-state index in [9.17, 15) is 0 Å². The average molecular weight is 205 g/mol. The molecule has 4 nitrogen and oxygen atoms in total. The Labute approximate surface area is 81.6 Å². The van der Waals surface area contributed by atoms with Gasteiger partial charge in [-0.05, 0) is 0 Å². The molecule has 0 radical (unpaired) electrons. The lowest BCUT2D eigenvalue weighted by molar-refractivity contribution is 0.0395. The molecule has 5 heteroatoms. The quantitative estimate of drug-likeness (QED) is 0.583. The molecule has 1 aliphatic rings. The van der Waals surface area contributed by atoms with Crippen molar-refractivity contribution in [1.29, 1.82) is 0 Å². The van der Waals surface area contributed by atoms with Gasteiger partial charge in [0.1, 0.15) is 0 Å². The molecule has 78 valence electrons. The standard InChI is InChI=1S/C8H19NO3Si/c1-10-13(11-2)8-5-9-3-6-12-7-4-9/h13H,3-8H2,1-2H3. The van der Waals surface area contributed by atoms with Crippen LogP contribution < -0.4 is 0 Å². The molecule has 0 unspecified atom stereocenters. The van der Waals surface area contributed by atoms with Crippen molar-refractivity contribution in [3.05, 3.63) is 0 Å². The van der Waals surface area contributed by atoms with Gasteiger partial charge in [-0.15, -0.1) is 0 Å². The Morgan fingerprint density at radius 2 is 1.85 bits per heavy atom. The molecule has 0 aromatic heterocycles. The first-order valence-corrected chi connectivity index (χ1v) is 6.48. The van der Waals surface area contributed by atoms with E-state index in [1.54, 1.807) is 14.2 Å². The normalized spacial score (nSPS) is 19.6. The Kier molecular flexibility index (Phi) is 5.57. The Bertz CT molecular complexity index is 127. The second kappa shape index (κ2) is 6.50. The minimum absolute atomic E-state index is 0.867. The van der Waals surface area contributed by atoms with Crippen molar-refractivity contribution in [2.45, 2.75) is 6.04 Å². The SMILES string of the molecule is CO[SiH](CCN1CCOCC1)OC. The molecular weight excluding hydrogens is 186 g/mol. The minimum atomic E-state index is -1.35. The maximum Gasteiger partial charge on any atom is 0.322 e. The second-order valence-electron chi connectivity index (χ2n) is 3.14. The highest BCUT2D eigenvalue weighted by atomic mass is 28.3. The van der Waals surface area contributed by atoms with Crippen molar-refractivity contribution in [2.24, 2.45) is 0 Å². The molecule has 1 saturated heterocycles. The van der Waals surface area contributed by atoms with E-state index in [0.29, 0.717) is 0 Å². The summed E-state index contributed by atoms with van der Waals surface area (Å²) in [5.74, 6) is 0. The molecular formula is C8H19NO3Si. The van der Waals surface area contributed by atoms with Crippen LogP contribution in [0.5, 0.6) is 0 Å². The van der Waals surface area contributed by atoms with Crippen LogP contribution in [-0.2, 0) is 13.6 Å². The van der Waals surface area contributed by atoms with Crippen LogP contribution in [0.3, 0.4) is 0 Å². The monoisotopic (exact) mass is 205 g/mol. The zero-order valence-electron chi connectivity index (χ0n) is 8.49. The molecule has 1 aliphatic heterocycles. The maximum atomic E-state index is 5.27. The third kappa shape index (κ3) is 4.19. The molecule has 0 amide bonds. The molecule has 0 N–H and O–H groups in total. The van der Waals surface area contributed by atoms with E-state index >= 15 is 0 Å². The molecule has 0 bridgehead atoms. The summed E-state index contributed by atoms with van der Waals surface area (Å²) in [6.07, 6.45) is 0. The lowest BCUT2D eigenvalue weighted by atomic mass is 10.4. The van der Waals surface area contributed by atoms with E-state index in [-0.39, 0.29) is 0 Å². The van der Waals surface area contributed by atoms with Crippen LogP contribution in [0.25, 0.3) is 0 Å². The van der Waals surface area contributed by atoms with Gasteiger partial charge in [-0.3, -0.25) is 4.90 Å². The average Bonchev–Trinajstić information content (AvgIpc) is 2.21. The van der Waals surface area contributed by atoms with Crippen molar-refractivity contribution in [2.75, 3.05) is 47.1 Å². The van der Waals surface area contributed by atoms with Crippen molar-refractivity contribution in [1.82, 2.24) is 4.90 Å².